The minimum atomic E-state index is -0.357. The third-order valence-corrected chi connectivity index (χ3v) is 3.81. The van der Waals surface area contributed by atoms with Crippen molar-refractivity contribution in [2.45, 2.75) is 13.0 Å². The Bertz CT molecular complexity index is 992. The molecule has 3 heterocycles. The summed E-state index contributed by atoms with van der Waals surface area (Å²) in [6.45, 7) is 1.01. The van der Waals surface area contributed by atoms with Crippen LogP contribution in [0.5, 0.6) is 11.5 Å². The number of carbonyl (C=O) groups excluding carboxylic acids is 1. The number of nitrogens with zero attached hydrogens (tertiary/aromatic N) is 3. The van der Waals surface area contributed by atoms with Crippen molar-refractivity contribution >= 4 is 17.2 Å². The van der Waals surface area contributed by atoms with E-state index in [4.69, 9.17) is 9.47 Å². The summed E-state index contributed by atoms with van der Waals surface area (Å²) in [4.78, 5) is 24.4. The number of hydrogen-bond donors (Lipinski definition) is 1. The Hall–Kier alpha value is -3.29. The molecule has 25 heavy (non-hydrogen) atoms. The average Bonchev–Trinajstić information content (AvgIpc) is 2.79. The highest BCUT2D eigenvalue weighted by atomic mass is 16.5. The van der Waals surface area contributed by atoms with Crippen LogP contribution in [0, 0.1) is 0 Å². The summed E-state index contributed by atoms with van der Waals surface area (Å²) in [5, 5.41) is 6.89. The zero-order valence-corrected chi connectivity index (χ0v) is 13.3. The second-order valence-corrected chi connectivity index (χ2v) is 5.63. The van der Waals surface area contributed by atoms with Crippen LogP contribution in [0.4, 0.5) is 5.69 Å². The van der Waals surface area contributed by atoms with E-state index >= 15 is 0 Å². The van der Waals surface area contributed by atoms with Crippen LogP contribution >= 0.6 is 0 Å². The highest BCUT2D eigenvalue weighted by Gasteiger charge is 2.14. The summed E-state index contributed by atoms with van der Waals surface area (Å²) in [6.07, 6.45) is 2.43. The van der Waals surface area contributed by atoms with Gasteiger partial charge < -0.3 is 14.8 Å². The van der Waals surface area contributed by atoms with Crippen molar-refractivity contribution in [1.82, 2.24) is 14.2 Å². The van der Waals surface area contributed by atoms with Crippen molar-refractivity contribution in [2.24, 2.45) is 0 Å². The molecule has 128 valence electrons. The zero-order chi connectivity index (χ0) is 17.2. The molecule has 0 unspecified atom stereocenters. The van der Waals surface area contributed by atoms with Crippen LogP contribution < -0.4 is 20.5 Å². The van der Waals surface area contributed by atoms with E-state index in [2.05, 4.69) is 10.4 Å². The number of aromatic nitrogens is 3. The van der Waals surface area contributed by atoms with Gasteiger partial charge in [0.1, 0.15) is 6.54 Å². The van der Waals surface area contributed by atoms with Crippen LogP contribution in [0.25, 0.3) is 5.65 Å². The summed E-state index contributed by atoms with van der Waals surface area (Å²) in [7, 11) is 0. The average molecular weight is 340 g/mol. The monoisotopic (exact) mass is 340 g/mol. The number of benzene rings is 1. The second kappa shape index (κ2) is 6.31. The molecule has 1 N–H and O–H groups in total. The summed E-state index contributed by atoms with van der Waals surface area (Å²) in [5.74, 6) is 0.910. The Labute approximate surface area is 142 Å². The van der Waals surface area contributed by atoms with Crippen molar-refractivity contribution in [2.75, 3.05) is 18.5 Å². The van der Waals surface area contributed by atoms with Gasteiger partial charge in [-0.25, -0.2) is 9.48 Å². The van der Waals surface area contributed by atoms with E-state index in [1.54, 1.807) is 42.6 Å². The molecule has 3 aromatic rings. The predicted octanol–water partition coefficient (Wildman–Crippen LogP) is 1.30. The van der Waals surface area contributed by atoms with Crippen LogP contribution in [0.15, 0.2) is 47.4 Å². The first-order valence-electron chi connectivity index (χ1n) is 7.94. The molecular formula is C17H16N4O4. The third kappa shape index (κ3) is 3.06. The normalized spacial score (nSPS) is 13.4. The molecule has 8 heteroatoms. The molecule has 2 aromatic heterocycles. The van der Waals surface area contributed by atoms with Gasteiger partial charge in [0, 0.05) is 24.4 Å². The van der Waals surface area contributed by atoms with Gasteiger partial charge in [-0.1, -0.05) is 6.07 Å². The van der Waals surface area contributed by atoms with Gasteiger partial charge in [0.05, 0.1) is 13.2 Å². The number of rotatable bonds is 3. The Morgan fingerprint density at radius 1 is 1.16 bits per heavy atom. The molecule has 0 radical (unpaired) electrons. The van der Waals surface area contributed by atoms with Crippen molar-refractivity contribution in [3.63, 3.8) is 0 Å². The predicted molar refractivity (Wildman–Crippen MR) is 90.1 cm³/mol. The SMILES string of the molecule is O=C(Cn1nc2ccccn2c1=O)Nc1ccc2c(c1)OCCCO2. The third-order valence-electron chi connectivity index (χ3n) is 3.81. The van der Waals surface area contributed by atoms with Crippen molar-refractivity contribution in [3.05, 3.63) is 53.1 Å². The van der Waals surface area contributed by atoms with Gasteiger partial charge in [-0.05, 0) is 24.3 Å². The van der Waals surface area contributed by atoms with Gasteiger partial charge in [-0.15, -0.1) is 5.10 Å². The van der Waals surface area contributed by atoms with Crippen LogP contribution in [0.2, 0.25) is 0 Å². The Balaban J connectivity index is 1.51. The fraction of sp³-hybridized carbons (Fsp3) is 0.235. The first-order chi connectivity index (χ1) is 12.2. The lowest BCUT2D eigenvalue weighted by atomic mass is 10.2. The summed E-state index contributed by atoms with van der Waals surface area (Å²) in [6, 6.07) is 10.4. The zero-order valence-electron chi connectivity index (χ0n) is 13.3. The first-order valence-corrected chi connectivity index (χ1v) is 7.94. The molecule has 0 saturated heterocycles. The second-order valence-electron chi connectivity index (χ2n) is 5.63. The molecule has 1 amide bonds. The van der Waals surface area contributed by atoms with E-state index in [1.807, 2.05) is 0 Å². The largest absolute Gasteiger partial charge is 0.490 e. The number of amides is 1. The molecule has 0 aliphatic carbocycles. The van der Waals surface area contributed by atoms with E-state index in [-0.39, 0.29) is 18.1 Å². The highest BCUT2D eigenvalue weighted by Crippen LogP contribution is 2.32. The van der Waals surface area contributed by atoms with Crippen molar-refractivity contribution < 1.29 is 14.3 Å². The van der Waals surface area contributed by atoms with Crippen LogP contribution in [-0.4, -0.2) is 33.3 Å². The summed E-state index contributed by atoms with van der Waals surface area (Å²) < 4.78 is 13.7. The van der Waals surface area contributed by atoms with Crippen molar-refractivity contribution in [3.8, 4) is 11.5 Å². The Kier molecular flexibility index (Phi) is 3.85. The van der Waals surface area contributed by atoms with Gasteiger partial charge in [0.25, 0.3) is 0 Å². The lowest BCUT2D eigenvalue weighted by molar-refractivity contribution is -0.117. The number of nitrogens with one attached hydrogen (secondary N) is 1. The van der Waals surface area contributed by atoms with Gasteiger partial charge in [-0.2, -0.15) is 0 Å². The van der Waals surface area contributed by atoms with Gasteiger partial charge in [-0.3, -0.25) is 9.20 Å². The molecule has 8 nitrogen and oxygen atoms in total. The maximum atomic E-state index is 12.3. The Morgan fingerprint density at radius 3 is 2.84 bits per heavy atom. The minimum Gasteiger partial charge on any atom is -0.490 e. The fourth-order valence-electron chi connectivity index (χ4n) is 2.65. The standard InChI is InChI=1S/C17H16N4O4/c22-16(11-21-17(23)20-7-2-1-4-15(20)19-21)18-12-5-6-13-14(10-12)25-9-3-8-24-13/h1-2,4-7,10H,3,8-9,11H2,(H,18,22). The van der Waals surface area contributed by atoms with E-state index in [0.717, 1.165) is 11.1 Å². The van der Waals surface area contributed by atoms with Gasteiger partial charge >= 0.3 is 5.69 Å². The van der Waals surface area contributed by atoms with Crippen molar-refractivity contribution in [1.29, 1.82) is 0 Å². The quantitative estimate of drug-likeness (QED) is 0.776. The van der Waals surface area contributed by atoms with E-state index in [0.29, 0.717) is 36.0 Å². The molecule has 0 spiro atoms. The van der Waals surface area contributed by atoms with Crippen LogP contribution in [0.3, 0.4) is 0 Å². The van der Waals surface area contributed by atoms with Gasteiger partial charge in [0.15, 0.2) is 17.1 Å². The Morgan fingerprint density at radius 2 is 2.00 bits per heavy atom. The molecule has 0 saturated carbocycles. The molecule has 4 rings (SSSR count). The smallest absolute Gasteiger partial charge is 0.350 e. The van der Waals surface area contributed by atoms with E-state index in [1.165, 1.54) is 4.40 Å². The van der Waals surface area contributed by atoms with Gasteiger partial charge in [0.2, 0.25) is 5.91 Å². The molecular weight excluding hydrogens is 324 g/mol. The number of carbonyl (C=O) groups is 1. The molecule has 0 bridgehead atoms. The molecule has 1 aliphatic heterocycles. The number of hydrogen-bond acceptors (Lipinski definition) is 5. The van der Waals surface area contributed by atoms with Crippen LogP contribution in [-0.2, 0) is 11.3 Å². The maximum absolute atomic E-state index is 12.3. The fourth-order valence-corrected chi connectivity index (χ4v) is 2.65. The summed E-state index contributed by atoms with van der Waals surface area (Å²) >= 11 is 0. The molecule has 0 fully saturated rings. The van der Waals surface area contributed by atoms with E-state index < -0.39 is 0 Å². The molecule has 0 atom stereocenters. The number of pyridine rings is 1. The van der Waals surface area contributed by atoms with Crippen LogP contribution in [0.1, 0.15) is 6.42 Å². The lowest BCUT2D eigenvalue weighted by Gasteiger charge is -2.10. The number of fused-ring (bicyclic) bond motifs is 2. The number of anilines is 1. The lowest BCUT2D eigenvalue weighted by Crippen LogP contribution is -2.28. The number of ether oxygens (including phenoxy) is 2. The molecule has 1 aliphatic rings. The summed E-state index contributed by atoms with van der Waals surface area (Å²) in [5.41, 5.74) is 0.714. The topological polar surface area (TPSA) is 86.9 Å². The molecule has 1 aromatic carbocycles. The first kappa shape index (κ1) is 15.3. The van der Waals surface area contributed by atoms with E-state index in [9.17, 15) is 9.59 Å². The highest BCUT2D eigenvalue weighted by molar-refractivity contribution is 5.90. The minimum absolute atomic E-state index is 0.172. The maximum Gasteiger partial charge on any atom is 0.350 e.